The van der Waals surface area contributed by atoms with E-state index in [1.807, 2.05) is 12.1 Å². The van der Waals surface area contributed by atoms with Gasteiger partial charge < -0.3 is 10.4 Å². The summed E-state index contributed by atoms with van der Waals surface area (Å²) in [5, 5.41) is 12.9. The predicted octanol–water partition coefficient (Wildman–Crippen LogP) is 2.58. The fraction of sp³-hybridized carbons (Fsp3) is 0.375. The summed E-state index contributed by atoms with van der Waals surface area (Å²) >= 11 is 1.29. The molecule has 7 heteroatoms. The molecule has 2 heterocycles. The highest BCUT2D eigenvalue weighted by Gasteiger charge is 2.41. The molecular weight excluding hydrogens is 314 g/mol. The maximum absolute atomic E-state index is 12.3. The van der Waals surface area contributed by atoms with Crippen molar-refractivity contribution >= 4 is 23.2 Å². The third-order valence-corrected chi connectivity index (χ3v) is 5.30. The third-order valence-electron chi connectivity index (χ3n) is 4.26. The number of carboxylic acid groups (broad SMARTS) is 1. The highest BCUT2D eigenvalue weighted by atomic mass is 32.1. The number of hydrogen-bond acceptors (Lipinski definition) is 5. The second-order valence-corrected chi connectivity index (χ2v) is 6.77. The predicted molar refractivity (Wildman–Crippen MR) is 86.2 cm³/mol. The van der Waals surface area contributed by atoms with Crippen LogP contribution in [0.3, 0.4) is 0 Å². The van der Waals surface area contributed by atoms with Crippen molar-refractivity contribution in [2.24, 2.45) is 5.41 Å². The Morgan fingerprint density at radius 1 is 1.26 bits per heavy atom. The van der Waals surface area contributed by atoms with Gasteiger partial charge in [0.1, 0.15) is 9.88 Å². The zero-order valence-corrected chi connectivity index (χ0v) is 13.3. The van der Waals surface area contributed by atoms with Crippen molar-refractivity contribution in [3.8, 4) is 10.6 Å². The van der Waals surface area contributed by atoms with Gasteiger partial charge in [-0.3, -0.25) is 14.6 Å². The first-order valence-electron chi connectivity index (χ1n) is 7.49. The van der Waals surface area contributed by atoms with Crippen LogP contribution >= 0.6 is 11.3 Å². The van der Waals surface area contributed by atoms with Gasteiger partial charge in [-0.25, -0.2) is 4.98 Å². The van der Waals surface area contributed by atoms with E-state index in [0.717, 1.165) is 23.4 Å². The zero-order valence-electron chi connectivity index (χ0n) is 12.5. The summed E-state index contributed by atoms with van der Waals surface area (Å²) < 4.78 is 0. The number of amides is 1. The van der Waals surface area contributed by atoms with E-state index in [4.69, 9.17) is 0 Å². The minimum absolute atomic E-state index is 0.170. The fourth-order valence-electron chi connectivity index (χ4n) is 2.86. The lowest BCUT2D eigenvalue weighted by Crippen LogP contribution is -2.41. The highest BCUT2D eigenvalue weighted by molar-refractivity contribution is 7.16. The van der Waals surface area contributed by atoms with Crippen LogP contribution in [0, 0.1) is 5.41 Å². The van der Waals surface area contributed by atoms with Gasteiger partial charge in [-0.05, 0) is 25.0 Å². The Kier molecular flexibility index (Phi) is 4.38. The summed E-state index contributed by atoms with van der Waals surface area (Å²) in [6.45, 7) is 0.170. The number of pyridine rings is 1. The van der Waals surface area contributed by atoms with E-state index < -0.39 is 11.4 Å². The molecule has 1 aliphatic rings. The molecule has 2 aromatic heterocycles. The van der Waals surface area contributed by atoms with Crippen LogP contribution in [-0.4, -0.2) is 33.5 Å². The Hall–Kier alpha value is -2.28. The molecular formula is C16H17N3O3S. The Bertz CT molecular complexity index is 708. The van der Waals surface area contributed by atoms with Crippen LogP contribution in [0.1, 0.15) is 35.4 Å². The molecule has 0 bridgehead atoms. The summed E-state index contributed by atoms with van der Waals surface area (Å²) in [5.41, 5.74) is 0.0933. The van der Waals surface area contributed by atoms with E-state index >= 15 is 0 Å². The van der Waals surface area contributed by atoms with E-state index in [2.05, 4.69) is 15.3 Å². The summed E-state index contributed by atoms with van der Waals surface area (Å²) in [7, 11) is 0. The van der Waals surface area contributed by atoms with Gasteiger partial charge in [0.25, 0.3) is 5.91 Å². The molecule has 0 aliphatic heterocycles. The van der Waals surface area contributed by atoms with Gasteiger partial charge in [0.2, 0.25) is 0 Å². The molecule has 0 aromatic carbocycles. The lowest BCUT2D eigenvalue weighted by molar-refractivity contribution is -0.148. The summed E-state index contributed by atoms with van der Waals surface area (Å²) in [5.74, 6) is -1.09. The molecule has 0 spiro atoms. The fourth-order valence-corrected chi connectivity index (χ4v) is 3.70. The molecule has 2 N–H and O–H groups in total. The van der Waals surface area contributed by atoms with Crippen LogP contribution < -0.4 is 5.32 Å². The molecule has 0 unspecified atom stereocenters. The van der Waals surface area contributed by atoms with Crippen molar-refractivity contribution < 1.29 is 14.7 Å². The first-order chi connectivity index (χ1) is 11.1. The molecule has 3 rings (SSSR count). The third kappa shape index (κ3) is 3.24. The van der Waals surface area contributed by atoms with E-state index in [1.54, 1.807) is 12.4 Å². The second kappa shape index (κ2) is 6.45. The number of carbonyl (C=O) groups excluding carboxylic acids is 1. The van der Waals surface area contributed by atoms with Crippen LogP contribution in [0.2, 0.25) is 0 Å². The molecule has 6 nitrogen and oxygen atoms in total. The molecule has 1 fully saturated rings. The Morgan fingerprint density at radius 3 is 2.61 bits per heavy atom. The molecule has 1 saturated carbocycles. The van der Waals surface area contributed by atoms with Crippen LogP contribution in [0.4, 0.5) is 0 Å². The van der Waals surface area contributed by atoms with E-state index in [-0.39, 0.29) is 12.5 Å². The average molecular weight is 331 g/mol. The Labute approximate surface area is 137 Å². The lowest BCUT2D eigenvalue weighted by atomic mass is 9.86. The molecule has 0 saturated heterocycles. The molecule has 1 aliphatic carbocycles. The van der Waals surface area contributed by atoms with Gasteiger partial charge >= 0.3 is 5.97 Å². The molecule has 23 heavy (non-hydrogen) atoms. The van der Waals surface area contributed by atoms with Gasteiger partial charge in [-0.2, -0.15) is 0 Å². The monoisotopic (exact) mass is 331 g/mol. The molecule has 2 aromatic rings. The number of aliphatic carboxylic acids is 1. The number of thiazole rings is 1. The smallest absolute Gasteiger partial charge is 0.311 e. The quantitative estimate of drug-likeness (QED) is 0.878. The minimum atomic E-state index is -0.822. The van der Waals surface area contributed by atoms with Crippen LogP contribution in [-0.2, 0) is 4.79 Å². The van der Waals surface area contributed by atoms with Crippen molar-refractivity contribution in [3.63, 3.8) is 0 Å². The maximum Gasteiger partial charge on any atom is 0.311 e. The van der Waals surface area contributed by atoms with Crippen molar-refractivity contribution in [1.82, 2.24) is 15.3 Å². The van der Waals surface area contributed by atoms with E-state index in [1.165, 1.54) is 17.5 Å². The van der Waals surface area contributed by atoms with Crippen LogP contribution in [0.15, 0.2) is 30.7 Å². The maximum atomic E-state index is 12.3. The number of nitrogens with one attached hydrogen (secondary N) is 1. The number of rotatable bonds is 5. The topological polar surface area (TPSA) is 92.2 Å². The van der Waals surface area contributed by atoms with Gasteiger partial charge in [0.15, 0.2) is 0 Å². The zero-order chi connectivity index (χ0) is 16.3. The minimum Gasteiger partial charge on any atom is -0.481 e. The molecule has 1 amide bonds. The number of nitrogens with zero attached hydrogens (tertiary/aromatic N) is 2. The Morgan fingerprint density at radius 2 is 1.96 bits per heavy atom. The van der Waals surface area contributed by atoms with Crippen molar-refractivity contribution in [2.75, 3.05) is 6.54 Å². The van der Waals surface area contributed by atoms with E-state index in [0.29, 0.717) is 17.7 Å². The molecule has 0 atom stereocenters. The largest absolute Gasteiger partial charge is 0.481 e. The number of hydrogen-bond donors (Lipinski definition) is 2. The molecule has 0 radical (unpaired) electrons. The van der Waals surface area contributed by atoms with Gasteiger partial charge in [-0.15, -0.1) is 11.3 Å². The highest BCUT2D eigenvalue weighted by Crippen LogP contribution is 2.37. The average Bonchev–Trinajstić information content (AvgIpc) is 3.24. The number of carboxylic acids is 1. The summed E-state index contributed by atoms with van der Waals surface area (Å²) in [6, 6.07) is 3.66. The molecule has 120 valence electrons. The normalized spacial score (nSPS) is 16.2. The van der Waals surface area contributed by atoms with E-state index in [9.17, 15) is 14.7 Å². The first kappa shape index (κ1) is 15.6. The number of aromatic nitrogens is 2. The summed E-state index contributed by atoms with van der Waals surface area (Å²) in [6.07, 6.45) is 7.91. The van der Waals surface area contributed by atoms with Crippen molar-refractivity contribution in [3.05, 3.63) is 35.6 Å². The SMILES string of the molecule is O=C(NCC1(C(=O)O)CCCC1)c1cnc(-c2ccncc2)s1. The van der Waals surface area contributed by atoms with Crippen LogP contribution in [0.5, 0.6) is 0 Å². The van der Waals surface area contributed by atoms with Gasteiger partial charge in [0.05, 0.1) is 11.6 Å². The number of carbonyl (C=O) groups is 2. The first-order valence-corrected chi connectivity index (χ1v) is 8.30. The standard InChI is InChI=1S/C16H17N3O3S/c20-13(19-10-16(15(21)22)5-1-2-6-16)12-9-18-14(23-12)11-3-7-17-8-4-11/h3-4,7-9H,1-2,5-6,10H2,(H,19,20)(H,21,22). The lowest BCUT2D eigenvalue weighted by Gasteiger charge is -2.23. The summed E-state index contributed by atoms with van der Waals surface area (Å²) in [4.78, 5) is 32.4. The second-order valence-electron chi connectivity index (χ2n) is 5.74. The van der Waals surface area contributed by atoms with Gasteiger partial charge in [0, 0.05) is 24.5 Å². The Balaban J connectivity index is 1.67. The van der Waals surface area contributed by atoms with Crippen molar-refractivity contribution in [2.45, 2.75) is 25.7 Å². The van der Waals surface area contributed by atoms with Gasteiger partial charge in [-0.1, -0.05) is 12.8 Å². The van der Waals surface area contributed by atoms with Crippen LogP contribution in [0.25, 0.3) is 10.6 Å². The van der Waals surface area contributed by atoms with Crippen molar-refractivity contribution in [1.29, 1.82) is 0 Å².